The van der Waals surface area contributed by atoms with Crippen molar-refractivity contribution in [3.63, 3.8) is 0 Å². The number of halogens is 2. The SMILES string of the molecule is COc1cc(C(=O)N[C@H]2C(O)O[C@H](CNS(=O)(=O)c3ccc(Cl)c(Cl)c3)[C@@H](O)[C@@H]2O)cc(-c2ccc(C#N)cc2)c1. The lowest BCUT2D eigenvalue weighted by Crippen LogP contribution is -2.65. The predicted molar refractivity (Wildman–Crippen MR) is 149 cm³/mol. The van der Waals surface area contributed by atoms with Gasteiger partial charge in [0, 0.05) is 12.1 Å². The molecule has 1 saturated heterocycles. The highest BCUT2D eigenvalue weighted by Crippen LogP contribution is 2.28. The van der Waals surface area contributed by atoms with Gasteiger partial charge in [0.1, 0.15) is 30.1 Å². The van der Waals surface area contributed by atoms with Gasteiger partial charge in [-0.1, -0.05) is 35.3 Å². The fourth-order valence-corrected chi connectivity index (χ4v) is 5.61. The molecule has 0 aliphatic carbocycles. The number of rotatable bonds is 8. The maximum Gasteiger partial charge on any atom is 0.251 e. The lowest BCUT2D eigenvalue weighted by molar-refractivity contribution is -0.243. The first-order chi connectivity index (χ1) is 19.4. The number of aliphatic hydroxyl groups is 3. The van der Waals surface area contributed by atoms with Crippen LogP contribution in [0.2, 0.25) is 10.0 Å². The third-order valence-electron chi connectivity index (χ3n) is 6.45. The van der Waals surface area contributed by atoms with Crippen LogP contribution in [0.4, 0.5) is 0 Å². The zero-order valence-corrected chi connectivity index (χ0v) is 23.7. The molecule has 5 N–H and O–H groups in total. The second-order valence-corrected chi connectivity index (χ2v) is 11.7. The number of ether oxygens (including phenoxy) is 2. The van der Waals surface area contributed by atoms with Gasteiger partial charge in [-0.2, -0.15) is 5.26 Å². The lowest BCUT2D eigenvalue weighted by Gasteiger charge is -2.41. The number of carbonyl (C=O) groups excluding carboxylic acids is 1. The second kappa shape index (κ2) is 12.7. The average Bonchev–Trinajstić information content (AvgIpc) is 2.97. The van der Waals surface area contributed by atoms with E-state index in [1.165, 1.54) is 25.3 Å². The Morgan fingerprint density at radius 1 is 1.00 bits per heavy atom. The predicted octanol–water partition coefficient (Wildman–Crippen LogP) is 2.06. The van der Waals surface area contributed by atoms with E-state index < -0.39 is 53.1 Å². The largest absolute Gasteiger partial charge is 0.497 e. The first kappa shape index (κ1) is 30.7. The number of nitrogens with one attached hydrogen (secondary N) is 2. The summed E-state index contributed by atoms with van der Waals surface area (Å²) < 4.78 is 38.2. The molecule has 0 radical (unpaired) electrons. The third kappa shape index (κ3) is 6.98. The van der Waals surface area contributed by atoms with Gasteiger partial charge in [-0.15, -0.1) is 0 Å². The molecular formula is C27H25Cl2N3O8S. The molecule has 216 valence electrons. The number of benzene rings is 3. The van der Waals surface area contributed by atoms with Crippen molar-refractivity contribution >= 4 is 39.1 Å². The van der Waals surface area contributed by atoms with Gasteiger partial charge in [0.05, 0.1) is 33.7 Å². The molecule has 11 nitrogen and oxygen atoms in total. The minimum absolute atomic E-state index is 0.0213. The van der Waals surface area contributed by atoms with Gasteiger partial charge in [0.15, 0.2) is 6.29 Å². The first-order valence-electron chi connectivity index (χ1n) is 12.1. The van der Waals surface area contributed by atoms with Crippen LogP contribution in [0.15, 0.2) is 65.6 Å². The van der Waals surface area contributed by atoms with Crippen molar-refractivity contribution in [2.24, 2.45) is 0 Å². The minimum atomic E-state index is -4.11. The number of hydrogen-bond donors (Lipinski definition) is 5. The zero-order chi connectivity index (χ0) is 29.9. The summed E-state index contributed by atoms with van der Waals surface area (Å²) in [7, 11) is -2.68. The Morgan fingerprint density at radius 3 is 2.34 bits per heavy atom. The van der Waals surface area contributed by atoms with E-state index >= 15 is 0 Å². The van der Waals surface area contributed by atoms with E-state index in [1.807, 2.05) is 6.07 Å². The molecule has 1 fully saturated rings. The van der Waals surface area contributed by atoms with E-state index in [-0.39, 0.29) is 20.5 Å². The molecule has 0 aromatic heterocycles. The molecule has 0 spiro atoms. The average molecular weight is 622 g/mol. The Morgan fingerprint density at radius 2 is 1.71 bits per heavy atom. The third-order valence-corrected chi connectivity index (χ3v) is 8.61. The lowest BCUT2D eigenvalue weighted by atomic mass is 9.96. The van der Waals surface area contributed by atoms with Crippen LogP contribution in [0, 0.1) is 11.3 Å². The Hall–Kier alpha value is -3.25. The fraction of sp³-hybridized carbons (Fsp3) is 0.259. The van der Waals surface area contributed by atoms with Gasteiger partial charge in [-0.25, -0.2) is 13.1 Å². The van der Waals surface area contributed by atoms with Crippen molar-refractivity contribution in [1.82, 2.24) is 10.0 Å². The van der Waals surface area contributed by atoms with E-state index in [0.29, 0.717) is 22.4 Å². The summed E-state index contributed by atoms with van der Waals surface area (Å²) in [5.74, 6) is -0.358. The van der Waals surface area contributed by atoms with Gasteiger partial charge in [0.25, 0.3) is 5.91 Å². The van der Waals surface area contributed by atoms with Crippen molar-refractivity contribution in [2.75, 3.05) is 13.7 Å². The van der Waals surface area contributed by atoms with Crippen LogP contribution in [0.3, 0.4) is 0 Å². The first-order valence-corrected chi connectivity index (χ1v) is 14.3. The van der Waals surface area contributed by atoms with Crippen LogP contribution in [-0.2, 0) is 14.8 Å². The summed E-state index contributed by atoms with van der Waals surface area (Å²) in [5, 5.41) is 43.5. The van der Waals surface area contributed by atoms with Crippen molar-refractivity contribution in [2.45, 2.75) is 35.5 Å². The Kier molecular flexibility index (Phi) is 9.53. The summed E-state index contributed by atoms with van der Waals surface area (Å²) >= 11 is 11.7. The maximum atomic E-state index is 13.1. The molecule has 0 saturated carbocycles. The number of methoxy groups -OCH3 is 1. The van der Waals surface area contributed by atoms with E-state index in [4.69, 9.17) is 37.9 Å². The molecule has 14 heteroatoms. The summed E-state index contributed by atoms with van der Waals surface area (Å²) in [4.78, 5) is 12.9. The second-order valence-electron chi connectivity index (χ2n) is 9.11. The van der Waals surface area contributed by atoms with Crippen LogP contribution in [0.1, 0.15) is 15.9 Å². The molecule has 4 rings (SSSR count). The molecule has 1 aliphatic rings. The molecule has 5 atom stereocenters. The van der Waals surface area contributed by atoms with Crippen molar-refractivity contribution < 1.29 is 38.0 Å². The number of hydrogen-bond acceptors (Lipinski definition) is 9. The highest BCUT2D eigenvalue weighted by molar-refractivity contribution is 7.89. The van der Waals surface area contributed by atoms with Crippen LogP contribution in [0.25, 0.3) is 11.1 Å². The summed E-state index contributed by atoms with van der Waals surface area (Å²) in [6.45, 7) is -0.512. The molecule has 3 aromatic carbocycles. The number of nitrogens with zero attached hydrogens (tertiary/aromatic N) is 1. The molecule has 1 heterocycles. The van der Waals surface area contributed by atoms with Crippen LogP contribution >= 0.6 is 23.2 Å². The van der Waals surface area contributed by atoms with Gasteiger partial charge < -0.3 is 30.1 Å². The summed E-state index contributed by atoms with van der Waals surface area (Å²) in [5.41, 5.74) is 1.90. The van der Waals surface area contributed by atoms with Crippen LogP contribution in [-0.4, -0.2) is 73.9 Å². The smallest absolute Gasteiger partial charge is 0.251 e. The topological polar surface area (TPSA) is 178 Å². The highest BCUT2D eigenvalue weighted by Gasteiger charge is 2.45. The monoisotopic (exact) mass is 621 g/mol. The summed E-state index contributed by atoms with van der Waals surface area (Å²) in [6.07, 6.45) is -6.54. The van der Waals surface area contributed by atoms with Gasteiger partial charge >= 0.3 is 0 Å². The minimum Gasteiger partial charge on any atom is -0.497 e. The number of aliphatic hydroxyl groups excluding tert-OH is 3. The van der Waals surface area contributed by atoms with Crippen molar-refractivity contribution in [1.29, 1.82) is 5.26 Å². The Labute approximate surface area is 245 Å². The highest BCUT2D eigenvalue weighted by atomic mass is 35.5. The number of carbonyl (C=O) groups is 1. The van der Waals surface area contributed by atoms with Gasteiger partial charge in [-0.05, 0) is 59.7 Å². The standard InChI is InChI=1S/C27H25Cl2N3O8S/c1-39-18-9-16(15-4-2-14(12-30)3-5-15)8-17(10-18)26(35)32-23-25(34)24(33)22(40-27(23)36)13-31-41(37,38)19-6-7-20(28)21(29)11-19/h2-11,22-25,27,31,33-34,36H,13H2,1H3,(H,32,35)/t22-,23-,24-,25-,27?/m1/s1. The van der Waals surface area contributed by atoms with Gasteiger partial charge in [0.2, 0.25) is 10.0 Å². The van der Waals surface area contributed by atoms with Gasteiger partial charge in [-0.3, -0.25) is 4.79 Å². The normalized spacial score (nSPS) is 22.5. The van der Waals surface area contributed by atoms with E-state index in [0.717, 1.165) is 6.07 Å². The molecule has 3 aromatic rings. The zero-order valence-electron chi connectivity index (χ0n) is 21.4. The fourth-order valence-electron chi connectivity index (χ4n) is 4.18. The van der Waals surface area contributed by atoms with E-state index in [2.05, 4.69) is 10.0 Å². The molecule has 1 amide bonds. The maximum absolute atomic E-state index is 13.1. The molecule has 1 unspecified atom stereocenters. The Balaban J connectivity index is 1.45. The number of nitriles is 1. The number of amides is 1. The van der Waals surface area contributed by atoms with E-state index in [1.54, 1.807) is 36.4 Å². The van der Waals surface area contributed by atoms with Crippen LogP contribution in [0.5, 0.6) is 5.75 Å². The van der Waals surface area contributed by atoms with Crippen LogP contribution < -0.4 is 14.8 Å². The molecular weight excluding hydrogens is 597 g/mol. The summed E-state index contributed by atoms with van der Waals surface area (Å²) in [6, 6.07) is 15.6. The van der Waals surface area contributed by atoms with Crippen molar-refractivity contribution in [3.05, 3.63) is 81.8 Å². The number of sulfonamides is 1. The molecule has 41 heavy (non-hydrogen) atoms. The van der Waals surface area contributed by atoms with Crippen molar-refractivity contribution in [3.8, 4) is 22.9 Å². The van der Waals surface area contributed by atoms with E-state index in [9.17, 15) is 28.5 Å². The molecule has 0 bridgehead atoms. The molecule has 1 aliphatic heterocycles. The Bertz CT molecular complexity index is 1580. The quantitative estimate of drug-likeness (QED) is 0.252.